The molecule has 5 heteroatoms. The fourth-order valence-electron chi connectivity index (χ4n) is 3.02. The summed E-state index contributed by atoms with van der Waals surface area (Å²) in [5.74, 6) is 0.446. The molecule has 0 aliphatic carbocycles. The van der Waals surface area contributed by atoms with Gasteiger partial charge in [0.1, 0.15) is 0 Å². The van der Waals surface area contributed by atoms with E-state index < -0.39 is 0 Å². The largest absolute Gasteiger partial charge is 0.378 e. The van der Waals surface area contributed by atoms with Crippen LogP contribution in [0.4, 0.5) is 5.69 Å². The molecule has 4 nitrogen and oxygen atoms in total. The minimum Gasteiger partial charge on any atom is -0.378 e. The number of morpholine rings is 1. The lowest BCUT2D eigenvalue weighted by Crippen LogP contribution is -2.58. The van der Waals surface area contributed by atoms with Crippen molar-refractivity contribution in [2.24, 2.45) is 0 Å². The van der Waals surface area contributed by atoms with Gasteiger partial charge in [-0.1, -0.05) is 13.8 Å². The van der Waals surface area contributed by atoms with Crippen molar-refractivity contribution in [3.63, 3.8) is 0 Å². The molecule has 3 rings (SSSR count). The first-order chi connectivity index (χ1) is 9.65. The summed E-state index contributed by atoms with van der Waals surface area (Å²) < 4.78 is 6.72. The summed E-state index contributed by atoms with van der Waals surface area (Å²) in [6.45, 7) is 10.4. The third-order valence-electron chi connectivity index (χ3n) is 4.20. The van der Waals surface area contributed by atoms with Gasteiger partial charge >= 0.3 is 0 Å². The standard InChI is InChI=1S/C15H22BrN3O/c1-11(2)15-14(16)7-12(8-17-15)19-4-3-18-5-6-20-10-13(18)9-19/h7-8,11,13H,3-6,9-10H2,1-2H3/t13-/m0/s1. The molecule has 0 aromatic carbocycles. The van der Waals surface area contributed by atoms with E-state index in [9.17, 15) is 0 Å². The molecule has 1 aromatic heterocycles. The summed E-state index contributed by atoms with van der Waals surface area (Å²) in [5.41, 5.74) is 2.35. The molecule has 110 valence electrons. The van der Waals surface area contributed by atoms with Crippen molar-refractivity contribution in [1.82, 2.24) is 9.88 Å². The lowest BCUT2D eigenvalue weighted by molar-refractivity contribution is -0.0117. The van der Waals surface area contributed by atoms with E-state index in [-0.39, 0.29) is 0 Å². The van der Waals surface area contributed by atoms with Crippen LogP contribution in [0.25, 0.3) is 0 Å². The number of rotatable bonds is 2. The molecule has 0 bridgehead atoms. The van der Waals surface area contributed by atoms with E-state index >= 15 is 0 Å². The molecule has 1 atom stereocenters. The first-order valence-electron chi connectivity index (χ1n) is 7.37. The van der Waals surface area contributed by atoms with Gasteiger partial charge in [0, 0.05) is 30.7 Å². The highest BCUT2D eigenvalue weighted by Gasteiger charge is 2.29. The number of fused-ring (bicyclic) bond motifs is 1. The minimum atomic E-state index is 0.446. The number of pyridine rings is 1. The SMILES string of the molecule is CC(C)c1ncc(N2CCN3CCOC[C@@H]3C2)cc1Br. The number of piperazine rings is 1. The van der Waals surface area contributed by atoms with Crippen LogP contribution in [0.1, 0.15) is 25.5 Å². The molecule has 2 saturated heterocycles. The zero-order valence-corrected chi connectivity index (χ0v) is 13.8. The Bertz CT molecular complexity index is 480. The monoisotopic (exact) mass is 339 g/mol. The minimum absolute atomic E-state index is 0.446. The fraction of sp³-hybridized carbons (Fsp3) is 0.667. The highest BCUT2D eigenvalue weighted by atomic mass is 79.9. The Morgan fingerprint density at radius 1 is 1.35 bits per heavy atom. The number of hydrogen-bond acceptors (Lipinski definition) is 4. The molecule has 0 unspecified atom stereocenters. The maximum atomic E-state index is 5.60. The van der Waals surface area contributed by atoms with Gasteiger partial charge in [-0.3, -0.25) is 9.88 Å². The van der Waals surface area contributed by atoms with Crippen LogP contribution >= 0.6 is 15.9 Å². The van der Waals surface area contributed by atoms with Gasteiger partial charge in [0.2, 0.25) is 0 Å². The second-order valence-electron chi connectivity index (χ2n) is 5.93. The number of hydrogen-bond donors (Lipinski definition) is 0. The van der Waals surface area contributed by atoms with Crippen LogP contribution < -0.4 is 4.90 Å². The van der Waals surface area contributed by atoms with Crippen LogP contribution in [0.3, 0.4) is 0 Å². The van der Waals surface area contributed by atoms with Gasteiger partial charge < -0.3 is 9.64 Å². The molecule has 0 radical (unpaired) electrons. The predicted octanol–water partition coefficient (Wildman–Crippen LogP) is 2.49. The summed E-state index contributed by atoms with van der Waals surface area (Å²) in [4.78, 5) is 9.60. The van der Waals surface area contributed by atoms with Gasteiger partial charge in [-0.25, -0.2) is 0 Å². The first-order valence-corrected chi connectivity index (χ1v) is 8.16. The molecular weight excluding hydrogens is 318 g/mol. The number of nitrogens with zero attached hydrogens (tertiary/aromatic N) is 3. The van der Waals surface area contributed by atoms with Gasteiger partial charge in [0.15, 0.2) is 0 Å². The number of ether oxygens (including phenoxy) is 1. The van der Waals surface area contributed by atoms with Crippen molar-refractivity contribution in [2.75, 3.05) is 44.3 Å². The van der Waals surface area contributed by atoms with Crippen LogP contribution in [-0.4, -0.2) is 55.3 Å². The van der Waals surface area contributed by atoms with Gasteiger partial charge in [-0.05, 0) is 27.9 Å². The van der Waals surface area contributed by atoms with Gasteiger partial charge in [-0.15, -0.1) is 0 Å². The van der Waals surface area contributed by atoms with Gasteiger partial charge in [0.05, 0.1) is 36.8 Å². The Morgan fingerprint density at radius 3 is 2.95 bits per heavy atom. The van der Waals surface area contributed by atoms with E-state index in [4.69, 9.17) is 4.74 Å². The first kappa shape index (κ1) is 14.3. The molecule has 20 heavy (non-hydrogen) atoms. The number of anilines is 1. The zero-order chi connectivity index (χ0) is 14.1. The average molecular weight is 340 g/mol. The highest BCUT2D eigenvalue weighted by molar-refractivity contribution is 9.10. The molecule has 2 aliphatic heterocycles. The third kappa shape index (κ3) is 2.85. The maximum Gasteiger partial charge on any atom is 0.0639 e. The van der Waals surface area contributed by atoms with Crippen molar-refractivity contribution >= 4 is 21.6 Å². The Morgan fingerprint density at radius 2 is 2.20 bits per heavy atom. The van der Waals surface area contributed by atoms with Crippen LogP contribution in [0, 0.1) is 0 Å². The normalized spacial score (nSPS) is 24.0. The molecule has 1 aromatic rings. The topological polar surface area (TPSA) is 28.6 Å². The van der Waals surface area contributed by atoms with Crippen molar-refractivity contribution in [3.05, 3.63) is 22.4 Å². The Labute approximate surface area is 129 Å². The maximum absolute atomic E-state index is 5.60. The molecule has 2 fully saturated rings. The quantitative estimate of drug-likeness (QED) is 0.827. The van der Waals surface area contributed by atoms with E-state index in [1.54, 1.807) is 0 Å². The van der Waals surface area contributed by atoms with Crippen LogP contribution in [-0.2, 0) is 4.74 Å². The fourth-order valence-corrected chi connectivity index (χ4v) is 3.81. The average Bonchev–Trinajstić information content (AvgIpc) is 2.46. The van der Waals surface area contributed by atoms with Crippen LogP contribution in [0.15, 0.2) is 16.7 Å². The van der Waals surface area contributed by atoms with E-state index in [0.29, 0.717) is 12.0 Å². The molecular formula is C15H22BrN3O. The van der Waals surface area contributed by atoms with Crippen molar-refractivity contribution in [1.29, 1.82) is 0 Å². The molecule has 0 amide bonds. The lowest BCUT2D eigenvalue weighted by Gasteiger charge is -2.44. The summed E-state index contributed by atoms with van der Waals surface area (Å²) in [6, 6.07) is 2.74. The van der Waals surface area contributed by atoms with E-state index in [1.165, 1.54) is 5.69 Å². The third-order valence-corrected chi connectivity index (χ3v) is 4.84. The molecule has 0 spiro atoms. The molecule has 2 aliphatic rings. The molecule has 0 saturated carbocycles. The second kappa shape index (κ2) is 6.00. The zero-order valence-electron chi connectivity index (χ0n) is 12.2. The molecule has 0 N–H and O–H groups in total. The van der Waals surface area contributed by atoms with Crippen molar-refractivity contribution in [2.45, 2.75) is 25.8 Å². The highest BCUT2D eigenvalue weighted by Crippen LogP contribution is 2.28. The Kier molecular flexibility index (Phi) is 4.29. The summed E-state index contributed by atoms with van der Waals surface area (Å²) in [7, 11) is 0. The number of aromatic nitrogens is 1. The Balaban J connectivity index is 1.75. The number of halogens is 1. The van der Waals surface area contributed by atoms with E-state index in [2.05, 4.69) is 50.6 Å². The summed E-state index contributed by atoms with van der Waals surface area (Å²) in [5, 5.41) is 0. The van der Waals surface area contributed by atoms with E-state index in [1.807, 2.05) is 6.20 Å². The summed E-state index contributed by atoms with van der Waals surface area (Å²) >= 11 is 3.66. The Hall–Kier alpha value is -0.650. The van der Waals surface area contributed by atoms with Crippen molar-refractivity contribution in [3.8, 4) is 0 Å². The van der Waals surface area contributed by atoms with Gasteiger partial charge in [0.25, 0.3) is 0 Å². The van der Waals surface area contributed by atoms with Crippen molar-refractivity contribution < 1.29 is 4.74 Å². The second-order valence-corrected chi connectivity index (χ2v) is 6.78. The van der Waals surface area contributed by atoms with Crippen LogP contribution in [0.5, 0.6) is 0 Å². The predicted molar refractivity (Wildman–Crippen MR) is 84.4 cm³/mol. The molecule has 3 heterocycles. The lowest BCUT2D eigenvalue weighted by atomic mass is 10.1. The van der Waals surface area contributed by atoms with Gasteiger partial charge in [-0.2, -0.15) is 0 Å². The van der Waals surface area contributed by atoms with E-state index in [0.717, 1.165) is 49.6 Å². The summed E-state index contributed by atoms with van der Waals surface area (Å²) in [6.07, 6.45) is 2.01. The smallest absolute Gasteiger partial charge is 0.0639 e. The van der Waals surface area contributed by atoms with Crippen LogP contribution in [0.2, 0.25) is 0 Å².